The van der Waals surface area contributed by atoms with Gasteiger partial charge in [-0.3, -0.25) is 9.59 Å². The Balaban J connectivity index is 1.64. The lowest BCUT2D eigenvalue weighted by atomic mass is 10.0. The lowest BCUT2D eigenvalue weighted by Crippen LogP contribution is -2.18. The third kappa shape index (κ3) is 4.19. The molecule has 0 spiro atoms. The summed E-state index contributed by atoms with van der Waals surface area (Å²) in [6.45, 7) is 0.0483. The SMILES string of the molecule is O=C(Cn1cc(C(=O)c2ccccc2)c2ccccc21)Nc1cc(Cl)cc(Cl)c1. The van der Waals surface area contributed by atoms with E-state index in [0.717, 1.165) is 10.9 Å². The predicted molar refractivity (Wildman–Crippen MR) is 117 cm³/mol. The number of rotatable bonds is 5. The van der Waals surface area contributed by atoms with E-state index in [0.29, 0.717) is 26.9 Å². The van der Waals surface area contributed by atoms with Crippen LogP contribution in [0.1, 0.15) is 15.9 Å². The number of nitrogens with one attached hydrogen (secondary N) is 1. The van der Waals surface area contributed by atoms with E-state index in [9.17, 15) is 9.59 Å². The zero-order valence-corrected chi connectivity index (χ0v) is 16.7. The van der Waals surface area contributed by atoms with E-state index in [2.05, 4.69) is 5.32 Å². The van der Waals surface area contributed by atoms with Gasteiger partial charge in [-0.25, -0.2) is 0 Å². The number of carbonyl (C=O) groups is 2. The van der Waals surface area contributed by atoms with E-state index in [1.807, 2.05) is 42.5 Å². The highest BCUT2D eigenvalue weighted by Crippen LogP contribution is 2.25. The fraction of sp³-hybridized carbons (Fsp3) is 0.0435. The second-order valence-corrected chi connectivity index (χ2v) is 7.46. The smallest absolute Gasteiger partial charge is 0.244 e. The molecule has 0 saturated carbocycles. The lowest BCUT2D eigenvalue weighted by Gasteiger charge is -2.08. The van der Waals surface area contributed by atoms with Crippen LogP contribution in [0.4, 0.5) is 5.69 Å². The topological polar surface area (TPSA) is 51.1 Å². The Kier molecular flexibility index (Phi) is 5.38. The normalized spacial score (nSPS) is 10.8. The summed E-state index contributed by atoms with van der Waals surface area (Å²) in [6, 6.07) is 21.5. The molecule has 0 atom stereocenters. The molecule has 4 rings (SSSR count). The van der Waals surface area contributed by atoms with Gasteiger partial charge in [0.1, 0.15) is 6.54 Å². The molecule has 0 saturated heterocycles. The number of para-hydroxylation sites is 1. The first-order valence-electron chi connectivity index (χ1n) is 8.95. The highest BCUT2D eigenvalue weighted by Gasteiger charge is 2.17. The van der Waals surface area contributed by atoms with E-state index in [-0.39, 0.29) is 18.2 Å². The van der Waals surface area contributed by atoms with Gasteiger partial charge in [-0.05, 0) is 24.3 Å². The number of ketones is 1. The van der Waals surface area contributed by atoms with Crippen molar-refractivity contribution < 1.29 is 9.59 Å². The predicted octanol–water partition coefficient (Wildman–Crippen LogP) is 5.82. The van der Waals surface area contributed by atoms with Gasteiger partial charge >= 0.3 is 0 Å². The Morgan fingerprint density at radius 2 is 1.52 bits per heavy atom. The molecule has 1 aromatic heterocycles. The minimum absolute atomic E-state index is 0.0483. The minimum atomic E-state index is -0.247. The summed E-state index contributed by atoms with van der Waals surface area (Å²) in [7, 11) is 0. The summed E-state index contributed by atoms with van der Waals surface area (Å²) in [4.78, 5) is 25.6. The summed E-state index contributed by atoms with van der Waals surface area (Å²) >= 11 is 12.0. The van der Waals surface area contributed by atoms with Crippen LogP contribution in [0.25, 0.3) is 10.9 Å². The highest BCUT2D eigenvalue weighted by molar-refractivity contribution is 6.35. The monoisotopic (exact) mass is 422 g/mol. The van der Waals surface area contributed by atoms with Crippen LogP contribution in [0.15, 0.2) is 79.0 Å². The van der Waals surface area contributed by atoms with Crippen molar-refractivity contribution in [3.8, 4) is 0 Å². The Morgan fingerprint density at radius 3 is 2.24 bits per heavy atom. The van der Waals surface area contributed by atoms with Crippen molar-refractivity contribution in [3.05, 3.63) is 100 Å². The maximum Gasteiger partial charge on any atom is 0.244 e. The van der Waals surface area contributed by atoms with Gasteiger partial charge in [0.2, 0.25) is 5.91 Å². The first-order valence-corrected chi connectivity index (χ1v) is 9.70. The standard InChI is InChI=1S/C23H16Cl2N2O2/c24-16-10-17(25)12-18(11-16)26-22(28)14-27-13-20(19-8-4-5-9-21(19)27)23(29)15-6-2-1-3-7-15/h1-13H,14H2,(H,26,28). The number of aromatic nitrogens is 1. The number of anilines is 1. The molecule has 0 fully saturated rings. The first kappa shape index (κ1) is 19.2. The molecule has 4 aromatic rings. The molecule has 0 aliphatic carbocycles. The first-order chi connectivity index (χ1) is 14.0. The van der Waals surface area contributed by atoms with E-state index in [4.69, 9.17) is 23.2 Å². The molecule has 1 heterocycles. The van der Waals surface area contributed by atoms with E-state index >= 15 is 0 Å². The maximum absolute atomic E-state index is 13.0. The molecule has 6 heteroatoms. The number of amides is 1. The summed E-state index contributed by atoms with van der Waals surface area (Å²) in [5.74, 6) is -0.328. The number of fused-ring (bicyclic) bond motifs is 1. The van der Waals surface area contributed by atoms with Gasteiger partial charge in [0.25, 0.3) is 0 Å². The Labute approximate surface area is 177 Å². The fourth-order valence-corrected chi connectivity index (χ4v) is 3.81. The van der Waals surface area contributed by atoms with Crippen LogP contribution < -0.4 is 5.32 Å². The van der Waals surface area contributed by atoms with Crippen molar-refractivity contribution in [1.82, 2.24) is 4.57 Å². The molecule has 1 amide bonds. The number of carbonyl (C=O) groups excluding carboxylic acids is 2. The van der Waals surface area contributed by atoms with E-state index in [1.165, 1.54) is 0 Å². The third-order valence-electron chi connectivity index (χ3n) is 4.53. The number of hydrogen-bond donors (Lipinski definition) is 1. The molecular weight excluding hydrogens is 407 g/mol. The van der Waals surface area contributed by atoms with Crippen molar-refractivity contribution in [2.24, 2.45) is 0 Å². The van der Waals surface area contributed by atoms with Gasteiger partial charge in [0, 0.05) is 44.0 Å². The van der Waals surface area contributed by atoms with Crippen molar-refractivity contribution in [3.63, 3.8) is 0 Å². The van der Waals surface area contributed by atoms with Crippen molar-refractivity contribution >= 4 is 51.5 Å². The van der Waals surface area contributed by atoms with Gasteiger partial charge in [0.15, 0.2) is 5.78 Å². The number of hydrogen-bond acceptors (Lipinski definition) is 2. The lowest BCUT2D eigenvalue weighted by molar-refractivity contribution is -0.116. The summed E-state index contributed by atoms with van der Waals surface area (Å²) in [5, 5.41) is 4.48. The largest absolute Gasteiger partial charge is 0.337 e. The summed E-state index contributed by atoms with van der Waals surface area (Å²) in [6.07, 6.45) is 1.73. The molecule has 144 valence electrons. The molecule has 3 aromatic carbocycles. The molecule has 1 N–H and O–H groups in total. The molecule has 0 radical (unpaired) electrons. The Hall–Kier alpha value is -3.08. The molecular formula is C23H16Cl2N2O2. The van der Waals surface area contributed by atoms with Gasteiger partial charge in [-0.1, -0.05) is 71.7 Å². The van der Waals surface area contributed by atoms with Crippen LogP contribution in [0, 0.1) is 0 Å². The van der Waals surface area contributed by atoms with Crippen LogP contribution >= 0.6 is 23.2 Å². The fourth-order valence-electron chi connectivity index (χ4n) is 3.28. The van der Waals surface area contributed by atoms with E-state index in [1.54, 1.807) is 41.1 Å². The highest BCUT2D eigenvalue weighted by atomic mass is 35.5. The van der Waals surface area contributed by atoms with Crippen LogP contribution in [-0.4, -0.2) is 16.3 Å². The number of nitrogens with zero attached hydrogens (tertiary/aromatic N) is 1. The molecule has 0 unspecified atom stereocenters. The van der Waals surface area contributed by atoms with Crippen LogP contribution in [0.5, 0.6) is 0 Å². The van der Waals surface area contributed by atoms with Gasteiger partial charge in [-0.2, -0.15) is 0 Å². The zero-order valence-electron chi connectivity index (χ0n) is 15.2. The average Bonchev–Trinajstić information content (AvgIpc) is 3.06. The molecule has 0 aliphatic rings. The Bertz CT molecular complexity index is 1200. The second kappa shape index (κ2) is 8.11. The molecule has 0 aliphatic heterocycles. The quantitative estimate of drug-likeness (QED) is 0.412. The minimum Gasteiger partial charge on any atom is -0.337 e. The van der Waals surface area contributed by atoms with Crippen LogP contribution in [0.2, 0.25) is 10.0 Å². The maximum atomic E-state index is 13.0. The second-order valence-electron chi connectivity index (χ2n) is 6.59. The third-order valence-corrected chi connectivity index (χ3v) is 4.97. The van der Waals surface area contributed by atoms with Crippen molar-refractivity contribution in [2.75, 3.05) is 5.32 Å². The van der Waals surface area contributed by atoms with E-state index < -0.39 is 0 Å². The molecule has 0 bridgehead atoms. The number of halogens is 2. The van der Waals surface area contributed by atoms with Crippen molar-refractivity contribution in [1.29, 1.82) is 0 Å². The average molecular weight is 423 g/mol. The molecule has 29 heavy (non-hydrogen) atoms. The van der Waals surface area contributed by atoms with Gasteiger partial charge in [0.05, 0.1) is 0 Å². The Morgan fingerprint density at radius 1 is 0.862 bits per heavy atom. The van der Waals surface area contributed by atoms with Crippen LogP contribution in [0.3, 0.4) is 0 Å². The van der Waals surface area contributed by atoms with Gasteiger partial charge in [-0.15, -0.1) is 0 Å². The van der Waals surface area contributed by atoms with Gasteiger partial charge < -0.3 is 9.88 Å². The number of benzene rings is 3. The summed E-state index contributed by atoms with van der Waals surface area (Å²) in [5.41, 5.74) is 2.49. The van der Waals surface area contributed by atoms with Crippen molar-refractivity contribution in [2.45, 2.75) is 6.54 Å². The van der Waals surface area contributed by atoms with Crippen LogP contribution in [-0.2, 0) is 11.3 Å². The molecule has 4 nitrogen and oxygen atoms in total. The summed E-state index contributed by atoms with van der Waals surface area (Å²) < 4.78 is 1.77. The zero-order chi connectivity index (χ0) is 20.4.